The Bertz CT molecular complexity index is 443. The second-order valence-electron chi connectivity index (χ2n) is 4.53. The minimum absolute atomic E-state index is 0.0861. The fraction of sp³-hybridized carbons (Fsp3) is 0.429. The van der Waals surface area contributed by atoms with Gasteiger partial charge in [-0.2, -0.15) is 0 Å². The standard InChI is InChI=1S/C14H20N2O3/c1-4-16(12-7-5-10(2)6-8-12)14(19)15-11(3)9-13(17)18/h5-8,11H,4,9H2,1-3H3,(H,15,19)(H,17,18). The molecule has 19 heavy (non-hydrogen) atoms. The van der Waals surface area contributed by atoms with E-state index in [9.17, 15) is 9.59 Å². The molecule has 0 aromatic heterocycles. The van der Waals surface area contributed by atoms with E-state index in [2.05, 4.69) is 5.32 Å². The molecular formula is C14H20N2O3. The Morgan fingerprint density at radius 3 is 2.37 bits per heavy atom. The Morgan fingerprint density at radius 1 is 1.32 bits per heavy atom. The molecule has 0 aliphatic carbocycles. The second-order valence-corrected chi connectivity index (χ2v) is 4.53. The van der Waals surface area contributed by atoms with Crippen molar-refractivity contribution in [2.45, 2.75) is 33.2 Å². The molecule has 5 heteroatoms. The fourth-order valence-corrected chi connectivity index (χ4v) is 1.77. The van der Waals surface area contributed by atoms with Crippen LogP contribution in [-0.4, -0.2) is 29.7 Å². The summed E-state index contributed by atoms with van der Waals surface area (Å²) >= 11 is 0. The Morgan fingerprint density at radius 2 is 1.89 bits per heavy atom. The first-order valence-corrected chi connectivity index (χ1v) is 6.30. The number of carbonyl (C=O) groups excluding carboxylic acids is 1. The molecule has 0 saturated heterocycles. The van der Waals surface area contributed by atoms with Gasteiger partial charge in [0.25, 0.3) is 0 Å². The molecule has 0 fully saturated rings. The molecule has 0 bridgehead atoms. The van der Waals surface area contributed by atoms with Gasteiger partial charge in [-0.05, 0) is 32.9 Å². The predicted molar refractivity (Wildman–Crippen MR) is 74.4 cm³/mol. The highest BCUT2D eigenvalue weighted by Crippen LogP contribution is 2.15. The number of benzene rings is 1. The Kier molecular flexibility index (Phi) is 5.36. The van der Waals surface area contributed by atoms with E-state index in [4.69, 9.17) is 5.11 Å². The molecule has 1 aromatic rings. The van der Waals surface area contributed by atoms with Crippen LogP contribution in [0.4, 0.5) is 10.5 Å². The largest absolute Gasteiger partial charge is 0.481 e. The van der Waals surface area contributed by atoms with Crippen molar-refractivity contribution in [1.82, 2.24) is 5.32 Å². The molecule has 2 N–H and O–H groups in total. The zero-order valence-electron chi connectivity index (χ0n) is 11.5. The number of aryl methyl sites for hydroxylation is 1. The summed E-state index contributed by atoms with van der Waals surface area (Å²) in [5, 5.41) is 11.4. The number of anilines is 1. The van der Waals surface area contributed by atoms with Gasteiger partial charge in [-0.3, -0.25) is 9.69 Å². The molecule has 5 nitrogen and oxygen atoms in total. The van der Waals surface area contributed by atoms with Crippen molar-refractivity contribution < 1.29 is 14.7 Å². The molecule has 0 spiro atoms. The number of amides is 2. The Labute approximate surface area is 113 Å². The Hall–Kier alpha value is -2.04. The lowest BCUT2D eigenvalue weighted by atomic mass is 10.2. The van der Waals surface area contributed by atoms with Gasteiger partial charge in [0.05, 0.1) is 6.42 Å². The van der Waals surface area contributed by atoms with E-state index < -0.39 is 12.0 Å². The van der Waals surface area contributed by atoms with Gasteiger partial charge in [0.1, 0.15) is 0 Å². The van der Waals surface area contributed by atoms with E-state index in [-0.39, 0.29) is 12.5 Å². The van der Waals surface area contributed by atoms with Crippen LogP contribution in [0.2, 0.25) is 0 Å². The van der Waals surface area contributed by atoms with E-state index in [0.717, 1.165) is 11.3 Å². The van der Waals surface area contributed by atoms with Crippen LogP contribution in [0.3, 0.4) is 0 Å². The van der Waals surface area contributed by atoms with Gasteiger partial charge in [-0.15, -0.1) is 0 Å². The van der Waals surface area contributed by atoms with Gasteiger partial charge >= 0.3 is 12.0 Å². The van der Waals surface area contributed by atoms with Crippen molar-refractivity contribution in [3.8, 4) is 0 Å². The number of rotatable bonds is 5. The lowest BCUT2D eigenvalue weighted by Gasteiger charge is -2.23. The van der Waals surface area contributed by atoms with Crippen LogP contribution in [0.25, 0.3) is 0 Å². The van der Waals surface area contributed by atoms with Crippen molar-refractivity contribution in [2.24, 2.45) is 0 Å². The van der Waals surface area contributed by atoms with Crippen LogP contribution in [0.15, 0.2) is 24.3 Å². The third kappa shape index (κ3) is 4.62. The highest BCUT2D eigenvalue weighted by Gasteiger charge is 2.17. The second kappa shape index (κ2) is 6.78. The number of hydrogen-bond acceptors (Lipinski definition) is 2. The normalized spacial score (nSPS) is 11.7. The zero-order valence-corrected chi connectivity index (χ0v) is 11.5. The van der Waals surface area contributed by atoms with Gasteiger partial charge in [0.2, 0.25) is 0 Å². The summed E-state index contributed by atoms with van der Waals surface area (Å²) in [6, 6.07) is 6.95. The molecule has 1 aromatic carbocycles. The average molecular weight is 264 g/mol. The summed E-state index contributed by atoms with van der Waals surface area (Å²) in [6.07, 6.45) is -0.0861. The van der Waals surface area contributed by atoms with Crippen LogP contribution < -0.4 is 10.2 Å². The molecule has 0 radical (unpaired) electrons. The number of carbonyl (C=O) groups is 2. The number of nitrogens with one attached hydrogen (secondary N) is 1. The monoisotopic (exact) mass is 264 g/mol. The van der Waals surface area contributed by atoms with Crippen molar-refractivity contribution in [3.05, 3.63) is 29.8 Å². The average Bonchev–Trinajstić information content (AvgIpc) is 2.31. The Balaban J connectivity index is 2.71. The first-order valence-electron chi connectivity index (χ1n) is 6.30. The molecule has 104 valence electrons. The van der Waals surface area contributed by atoms with Gasteiger partial charge in [-0.25, -0.2) is 4.79 Å². The first-order chi connectivity index (χ1) is 8.93. The maximum Gasteiger partial charge on any atom is 0.322 e. The summed E-state index contributed by atoms with van der Waals surface area (Å²) in [7, 11) is 0. The number of nitrogens with zero attached hydrogens (tertiary/aromatic N) is 1. The van der Waals surface area contributed by atoms with E-state index >= 15 is 0 Å². The summed E-state index contributed by atoms with van der Waals surface area (Å²) in [5.41, 5.74) is 1.92. The first kappa shape index (κ1) is 15.0. The lowest BCUT2D eigenvalue weighted by Crippen LogP contribution is -2.44. The molecule has 0 heterocycles. The summed E-state index contributed by atoms with van der Waals surface area (Å²) < 4.78 is 0. The van der Waals surface area contributed by atoms with E-state index in [1.807, 2.05) is 38.1 Å². The van der Waals surface area contributed by atoms with Crippen LogP contribution in [-0.2, 0) is 4.79 Å². The van der Waals surface area contributed by atoms with Gasteiger partial charge < -0.3 is 10.4 Å². The third-order valence-electron chi connectivity index (χ3n) is 2.76. The highest BCUT2D eigenvalue weighted by molar-refractivity contribution is 5.92. The predicted octanol–water partition coefficient (Wildman–Crippen LogP) is 2.39. The summed E-state index contributed by atoms with van der Waals surface area (Å²) in [5.74, 6) is -0.925. The molecule has 0 aliphatic heterocycles. The minimum atomic E-state index is -0.925. The summed E-state index contributed by atoms with van der Waals surface area (Å²) in [6.45, 7) is 6.06. The van der Waals surface area contributed by atoms with Crippen LogP contribution >= 0.6 is 0 Å². The third-order valence-corrected chi connectivity index (χ3v) is 2.76. The smallest absolute Gasteiger partial charge is 0.322 e. The molecule has 0 saturated carbocycles. The van der Waals surface area contributed by atoms with Crippen LogP contribution in [0.5, 0.6) is 0 Å². The van der Waals surface area contributed by atoms with Crippen LogP contribution in [0.1, 0.15) is 25.8 Å². The molecular weight excluding hydrogens is 244 g/mol. The van der Waals surface area contributed by atoms with Crippen molar-refractivity contribution in [3.63, 3.8) is 0 Å². The van der Waals surface area contributed by atoms with Crippen LogP contribution in [0, 0.1) is 6.92 Å². The lowest BCUT2D eigenvalue weighted by molar-refractivity contribution is -0.137. The van der Waals surface area contributed by atoms with Gasteiger partial charge in [0.15, 0.2) is 0 Å². The highest BCUT2D eigenvalue weighted by atomic mass is 16.4. The minimum Gasteiger partial charge on any atom is -0.481 e. The topological polar surface area (TPSA) is 69.6 Å². The summed E-state index contributed by atoms with van der Waals surface area (Å²) in [4.78, 5) is 24.2. The molecule has 2 amide bonds. The molecule has 1 rings (SSSR count). The SMILES string of the molecule is CCN(C(=O)NC(C)CC(=O)O)c1ccc(C)cc1. The molecule has 0 aliphatic rings. The van der Waals surface area contributed by atoms with Gasteiger partial charge in [0, 0.05) is 18.3 Å². The van der Waals surface area contributed by atoms with Crippen molar-refractivity contribution in [1.29, 1.82) is 0 Å². The van der Waals surface area contributed by atoms with E-state index in [0.29, 0.717) is 6.54 Å². The van der Waals surface area contributed by atoms with E-state index in [1.165, 1.54) is 0 Å². The number of carboxylic acids is 1. The maximum atomic E-state index is 12.1. The quantitative estimate of drug-likeness (QED) is 0.858. The number of carboxylic acid groups (broad SMARTS) is 1. The number of hydrogen-bond donors (Lipinski definition) is 2. The zero-order chi connectivity index (χ0) is 14.4. The van der Waals surface area contributed by atoms with Crippen molar-refractivity contribution >= 4 is 17.7 Å². The fourth-order valence-electron chi connectivity index (χ4n) is 1.77. The number of aliphatic carboxylic acids is 1. The van der Waals surface area contributed by atoms with E-state index in [1.54, 1.807) is 11.8 Å². The molecule has 1 unspecified atom stereocenters. The maximum absolute atomic E-state index is 12.1. The molecule has 1 atom stereocenters. The van der Waals surface area contributed by atoms with Gasteiger partial charge in [-0.1, -0.05) is 17.7 Å². The number of urea groups is 1. The van der Waals surface area contributed by atoms with Crippen molar-refractivity contribution in [2.75, 3.05) is 11.4 Å².